The predicted octanol–water partition coefficient (Wildman–Crippen LogP) is 1.64. The van der Waals surface area contributed by atoms with Crippen molar-refractivity contribution in [1.82, 2.24) is 5.32 Å². The summed E-state index contributed by atoms with van der Waals surface area (Å²) < 4.78 is 24.5. The second-order valence-electron chi connectivity index (χ2n) is 1.92. The quantitative estimate of drug-likeness (QED) is 0.527. The van der Waals surface area contributed by atoms with Crippen molar-refractivity contribution in [1.29, 1.82) is 0 Å². The lowest BCUT2D eigenvalue weighted by molar-refractivity contribution is 0.546. The van der Waals surface area contributed by atoms with E-state index in [0.29, 0.717) is 5.70 Å². The van der Waals surface area contributed by atoms with Gasteiger partial charge in [-0.3, -0.25) is 0 Å². The van der Waals surface area contributed by atoms with Crippen LogP contribution in [0.15, 0.2) is 23.4 Å². The summed E-state index contributed by atoms with van der Waals surface area (Å²) in [5, 5.41) is 2.54. The minimum absolute atomic E-state index is 0.110. The molecule has 0 aromatic rings. The molecule has 3 heteroatoms. The molecule has 1 aliphatic heterocycles. The maximum atomic E-state index is 12.3. The Morgan fingerprint density at radius 3 is 2.67 bits per heavy atom. The van der Waals surface area contributed by atoms with E-state index in [1.807, 2.05) is 0 Å². The van der Waals surface area contributed by atoms with Gasteiger partial charge in [0.2, 0.25) is 0 Å². The van der Waals surface area contributed by atoms with Crippen molar-refractivity contribution in [2.45, 2.75) is 6.92 Å². The molecule has 1 N–H and O–H groups in total. The van der Waals surface area contributed by atoms with Gasteiger partial charge in [0.05, 0.1) is 6.54 Å². The van der Waals surface area contributed by atoms with Crippen molar-refractivity contribution in [3.05, 3.63) is 23.4 Å². The van der Waals surface area contributed by atoms with Crippen LogP contribution in [-0.2, 0) is 0 Å². The Bertz CT molecular complexity index is 181. The van der Waals surface area contributed by atoms with Gasteiger partial charge >= 0.3 is 0 Å². The third-order valence-corrected chi connectivity index (χ3v) is 1.16. The molecule has 0 saturated carbocycles. The Balaban J connectivity index is 2.83. The zero-order valence-corrected chi connectivity index (χ0v) is 5.04. The van der Waals surface area contributed by atoms with Crippen LogP contribution in [0, 0.1) is 0 Å². The largest absolute Gasteiger partial charge is 0.380 e. The lowest BCUT2D eigenvalue weighted by Gasteiger charge is -2.09. The van der Waals surface area contributed by atoms with E-state index in [1.54, 1.807) is 6.92 Å². The van der Waals surface area contributed by atoms with Crippen molar-refractivity contribution in [3.63, 3.8) is 0 Å². The highest BCUT2D eigenvalue weighted by Crippen LogP contribution is 2.13. The Hall–Kier alpha value is -0.860. The molecule has 0 atom stereocenters. The lowest BCUT2D eigenvalue weighted by atomic mass is 10.3. The van der Waals surface area contributed by atoms with Crippen LogP contribution in [0.25, 0.3) is 0 Å². The first-order valence-electron chi connectivity index (χ1n) is 2.66. The van der Waals surface area contributed by atoms with Crippen molar-refractivity contribution in [2.75, 3.05) is 6.54 Å². The number of halogens is 2. The molecule has 0 aliphatic carbocycles. The van der Waals surface area contributed by atoms with Gasteiger partial charge in [0.25, 0.3) is 0 Å². The van der Waals surface area contributed by atoms with Crippen LogP contribution in [0.2, 0.25) is 0 Å². The molecule has 0 amide bonds. The second kappa shape index (κ2) is 2.17. The Morgan fingerprint density at radius 1 is 1.56 bits per heavy atom. The zero-order chi connectivity index (χ0) is 6.85. The van der Waals surface area contributed by atoms with E-state index >= 15 is 0 Å². The highest BCUT2D eigenvalue weighted by atomic mass is 19.1. The first-order chi connectivity index (χ1) is 4.20. The molecule has 1 nitrogen and oxygen atoms in total. The average molecular weight is 131 g/mol. The molecule has 0 saturated heterocycles. The molecule has 1 aliphatic rings. The third kappa shape index (κ3) is 1.28. The highest BCUT2D eigenvalue weighted by Gasteiger charge is 2.06. The van der Waals surface area contributed by atoms with E-state index in [1.165, 1.54) is 0 Å². The summed E-state index contributed by atoms with van der Waals surface area (Å²) >= 11 is 0. The standard InChI is InChI=1S/C6H7F2N/c1-4-6(8)2-5(7)3-9-4/h2,9H,3H2,1H3. The van der Waals surface area contributed by atoms with Gasteiger partial charge < -0.3 is 5.32 Å². The van der Waals surface area contributed by atoms with Crippen molar-refractivity contribution < 1.29 is 8.78 Å². The van der Waals surface area contributed by atoms with Crippen LogP contribution in [0.3, 0.4) is 0 Å². The number of hydrogen-bond donors (Lipinski definition) is 1. The van der Waals surface area contributed by atoms with Crippen molar-refractivity contribution in [2.24, 2.45) is 0 Å². The monoisotopic (exact) mass is 131 g/mol. The number of allylic oxidation sites excluding steroid dienone is 3. The molecule has 1 rings (SSSR count). The summed E-state index contributed by atoms with van der Waals surface area (Å²) in [6.45, 7) is 1.68. The van der Waals surface area contributed by atoms with Gasteiger partial charge in [-0.2, -0.15) is 0 Å². The third-order valence-electron chi connectivity index (χ3n) is 1.16. The van der Waals surface area contributed by atoms with E-state index in [0.717, 1.165) is 6.08 Å². The van der Waals surface area contributed by atoms with E-state index in [-0.39, 0.29) is 6.54 Å². The SMILES string of the molecule is CC1=C(F)C=C(F)CN1. The number of nitrogens with one attached hydrogen (secondary N) is 1. The van der Waals surface area contributed by atoms with Gasteiger partial charge in [-0.25, -0.2) is 8.78 Å². The molecule has 0 aromatic heterocycles. The van der Waals surface area contributed by atoms with E-state index in [4.69, 9.17) is 0 Å². The summed E-state index contributed by atoms with van der Waals surface area (Å²) in [7, 11) is 0. The lowest BCUT2D eigenvalue weighted by Crippen LogP contribution is -2.17. The van der Waals surface area contributed by atoms with Gasteiger partial charge in [0.15, 0.2) is 0 Å². The molecule has 0 spiro atoms. The van der Waals surface area contributed by atoms with Crippen molar-refractivity contribution in [3.8, 4) is 0 Å². The van der Waals surface area contributed by atoms with E-state index in [2.05, 4.69) is 5.32 Å². The molecule has 1 heterocycles. The fourth-order valence-corrected chi connectivity index (χ4v) is 0.598. The molecule has 0 bridgehead atoms. The van der Waals surface area contributed by atoms with Gasteiger partial charge in [-0.05, 0) is 6.92 Å². The summed E-state index contributed by atoms with van der Waals surface area (Å²) in [6, 6.07) is 0. The molecule has 0 radical (unpaired) electrons. The molecule has 9 heavy (non-hydrogen) atoms. The summed E-state index contributed by atoms with van der Waals surface area (Å²) in [5.74, 6) is -0.975. The first kappa shape index (κ1) is 6.26. The number of dihydropyridines is 1. The molecule has 50 valence electrons. The second-order valence-corrected chi connectivity index (χ2v) is 1.92. The Kier molecular flexibility index (Phi) is 1.51. The van der Waals surface area contributed by atoms with E-state index in [9.17, 15) is 8.78 Å². The van der Waals surface area contributed by atoms with Crippen molar-refractivity contribution >= 4 is 0 Å². The van der Waals surface area contributed by atoms with Gasteiger partial charge in [-0.1, -0.05) is 0 Å². The van der Waals surface area contributed by atoms with Crippen LogP contribution >= 0.6 is 0 Å². The minimum atomic E-state index is -0.515. The van der Waals surface area contributed by atoms with Crippen LogP contribution in [0.1, 0.15) is 6.92 Å². The zero-order valence-electron chi connectivity index (χ0n) is 5.04. The average Bonchev–Trinajstić information content (AvgIpc) is 1.80. The normalized spacial score (nSPS) is 19.2. The fourth-order valence-electron chi connectivity index (χ4n) is 0.598. The smallest absolute Gasteiger partial charge is 0.144 e. The van der Waals surface area contributed by atoms with Crippen LogP contribution in [0.4, 0.5) is 8.78 Å². The fraction of sp³-hybridized carbons (Fsp3) is 0.333. The Labute approximate surface area is 52.1 Å². The van der Waals surface area contributed by atoms with Crippen LogP contribution < -0.4 is 5.32 Å². The van der Waals surface area contributed by atoms with Crippen LogP contribution in [-0.4, -0.2) is 6.54 Å². The number of rotatable bonds is 0. The molecular formula is C6H7F2N. The predicted molar refractivity (Wildman–Crippen MR) is 31.0 cm³/mol. The first-order valence-corrected chi connectivity index (χ1v) is 2.66. The van der Waals surface area contributed by atoms with Gasteiger partial charge in [-0.15, -0.1) is 0 Å². The van der Waals surface area contributed by atoms with Gasteiger partial charge in [0, 0.05) is 11.8 Å². The number of hydrogen-bond acceptors (Lipinski definition) is 1. The molecule has 0 aromatic carbocycles. The summed E-state index contributed by atoms with van der Waals surface area (Å²) in [5.41, 5.74) is 0.399. The Morgan fingerprint density at radius 2 is 2.22 bits per heavy atom. The summed E-state index contributed by atoms with van der Waals surface area (Å²) in [6.07, 6.45) is 0.895. The van der Waals surface area contributed by atoms with Gasteiger partial charge in [0.1, 0.15) is 11.7 Å². The highest BCUT2D eigenvalue weighted by molar-refractivity contribution is 5.24. The molecular weight excluding hydrogens is 124 g/mol. The topological polar surface area (TPSA) is 12.0 Å². The van der Waals surface area contributed by atoms with Crippen LogP contribution in [0.5, 0.6) is 0 Å². The maximum Gasteiger partial charge on any atom is 0.144 e. The maximum absolute atomic E-state index is 12.3. The van der Waals surface area contributed by atoms with E-state index < -0.39 is 11.7 Å². The summed E-state index contributed by atoms with van der Waals surface area (Å²) in [4.78, 5) is 0. The molecule has 0 fully saturated rings. The minimum Gasteiger partial charge on any atom is -0.380 e. The molecule has 0 unspecified atom stereocenters.